The lowest BCUT2D eigenvalue weighted by Gasteiger charge is -2.11. The Morgan fingerprint density at radius 1 is 0.759 bits per heavy atom. The number of hydrogen-bond donors (Lipinski definition) is 1. The molecule has 14 heteroatoms. The molecule has 0 aliphatic carbocycles. The van der Waals surface area contributed by atoms with Gasteiger partial charge in [-0.05, 0) is 10.4 Å². The van der Waals surface area contributed by atoms with E-state index in [1.807, 2.05) is 0 Å². The molecule has 156 valence electrons. The molecule has 0 spiro atoms. The molecule has 1 N–H and O–H groups in total. The van der Waals surface area contributed by atoms with E-state index in [-0.39, 0.29) is 12.1 Å². The number of nitrogens with zero attached hydrogens (tertiary/aromatic N) is 2. The summed E-state index contributed by atoms with van der Waals surface area (Å²) in [5.41, 5.74) is 12.2. The predicted molar refractivity (Wildman–Crippen MR) is 78.0 cm³/mol. The summed E-state index contributed by atoms with van der Waals surface area (Å²) >= 11 is 0. The standard InChI is InChI=1S/C15H6F8O3.HN3/c16-6-1-7(17)11(21)14(10(6)20)25-3-5(24)4-26-15-12(22)8(18)2-9(19)13(15)23;1-3-2/h1-2H,3-4H2;1H. The van der Waals surface area contributed by atoms with Gasteiger partial charge in [0, 0.05) is 12.1 Å². The van der Waals surface area contributed by atoms with E-state index in [1.54, 1.807) is 4.91 Å². The second kappa shape index (κ2) is 10.1. The molecule has 0 fully saturated rings. The Hall–Kier alpha value is -3.54. The van der Waals surface area contributed by atoms with Crippen LogP contribution in [-0.2, 0) is 4.79 Å². The van der Waals surface area contributed by atoms with Gasteiger partial charge in [0.1, 0.15) is 0 Å². The summed E-state index contributed by atoms with van der Waals surface area (Å²) < 4.78 is 114. The Labute approximate surface area is 155 Å². The van der Waals surface area contributed by atoms with Gasteiger partial charge in [-0.25, -0.2) is 17.6 Å². The van der Waals surface area contributed by atoms with Crippen LogP contribution < -0.4 is 9.47 Å². The van der Waals surface area contributed by atoms with Crippen molar-refractivity contribution in [3.8, 4) is 11.5 Å². The van der Waals surface area contributed by atoms with Crippen molar-refractivity contribution in [3.63, 3.8) is 0 Å². The maximum Gasteiger partial charge on any atom is 0.207 e. The average molecular weight is 429 g/mol. The Bertz CT molecular complexity index is 843. The molecule has 0 unspecified atom stereocenters. The minimum absolute atomic E-state index is 0.0908. The number of carbonyl (C=O) groups excluding carboxylic acids is 1. The summed E-state index contributed by atoms with van der Waals surface area (Å²) in [6.07, 6.45) is 0. The highest BCUT2D eigenvalue weighted by atomic mass is 19.2. The fourth-order valence-electron chi connectivity index (χ4n) is 1.70. The van der Waals surface area contributed by atoms with Crippen LogP contribution >= 0.6 is 0 Å². The van der Waals surface area contributed by atoms with Crippen molar-refractivity contribution in [2.24, 2.45) is 0 Å². The van der Waals surface area contributed by atoms with E-state index in [0.29, 0.717) is 0 Å². The molecule has 2 aromatic carbocycles. The first-order valence-electron chi connectivity index (χ1n) is 6.99. The topological polar surface area (TPSA) is 95.8 Å². The number of nitrogens with one attached hydrogen (secondary N) is 1. The molecule has 0 aromatic heterocycles. The summed E-state index contributed by atoms with van der Waals surface area (Å²) in [4.78, 5) is 13.2. The molecule has 29 heavy (non-hydrogen) atoms. The van der Waals surface area contributed by atoms with E-state index in [9.17, 15) is 39.9 Å². The van der Waals surface area contributed by atoms with Crippen LogP contribution in [0.1, 0.15) is 0 Å². The third-order valence-corrected chi connectivity index (χ3v) is 2.90. The van der Waals surface area contributed by atoms with Crippen LogP contribution in [0.4, 0.5) is 35.1 Å². The zero-order valence-corrected chi connectivity index (χ0v) is 13.7. The average Bonchev–Trinajstić information content (AvgIpc) is 2.65. The van der Waals surface area contributed by atoms with Gasteiger partial charge in [0.2, 0.25) is 29.1 Å². The number of Topliss-reactive ketones (excluding diaryl/α,β-unsaturated/α-hetero) is 1. The maximum atomic E-state index is 13.3. The third kappa shape index (κ3) is 5.72. The first kappa shape index (κ1) is 23.5. The largest absolute Gasteiger partial charge is 0.479 e. The van der Waals surface area contributed by atoms with E-state index in [2.05, 4.69) is 9.47 Å². The normalized spacial score (nSPS) is 9.93. The molecule has 0 atom stereocenters. The van der Waals surface area contributed by atoms with E-state index >= 15 is 0 Å². The second-order valence-electron chi connectivity index (χ2n) is 4.81. The Morgan fingerprint density at radius 2 is 1.00 bits per heavy atom. The van der Waals surface area contributed by atoms with Crippen LogP contribution in [0.15, 0.2) is 12.1 Å². The van der Waals surface area contributed by atoms with Crippen molar-refractivity contribution in [1.29, 1.82) is 5.53 Å². The van der Waals surface area contributed by atoms with Crippen molar-refractivity contribution >= 4 is 5.78 Å². The zero-order valence-electron chi connectivity index (χ0n) is 13.7. The number of ketones is 1. The lowest BCUT2D eigenvalue weighted by atomic mass is 10.3. The van der Waals surface area contributed by atoms with E-state index in [0.717, 1.165) is 0 Å². The fourth-order valence-corrected chi connectivity index (χ4v) is 1.70. The predicted octanol–water partition coefficient (Wildman–Crippen LogP) is 4.70. The van der Waals surface area contributed by atoms with Crippen LogP contribution in [-0.4, -0.2) is 19.0 Å². The summed E-state index contributed by atoms with van der Waals surface area (Å²) in [5, 5.41) is 0. The van der Waals surface area contributed by atoms with Crippen LogP contribution in [0, 0.1) is 52.1 Å². The first-order chi connectivity index (χ1) is 13.5. The third-order valence-electron chi connectivity index (χ3n) is 2.90. The lowest BCUT2D eigenvalue weighted by Crippen LogP contribution is -2.21. The van der Waals surface area contributed by atoms with Gasteiger partial charge >= 0.3 is 0 Å². The fraction of sp³-hybridized carbons (Fsp3) is 0.133. The van der Waals surface area contributed by atoms with Crippen molar-refractivity contribution in [3.05, 3.63) is 69.1 Å². The maximum absolute atomic E-state index is 13.3. The van der Waals surface area contributed by atoms with E-state index in [4.69, 9.17) is 11.1 Å². The summed E-state index contributed by atoms with van der Waals surface area (Å²) in [7, 11) is 0. The second-order valence-corrected chi connectivity index (χ2v) is 4.81. The van der Waals surface area contributed by atoms with Gasteiger partial charge in [0.15, 0.2) is 48.0 Å². The Balaban J connectivity index is 0.00000132. The highest BCUT2D eigenvalue weighted by Gasteiger charge is 2.23. The molecule has 0 radical (unpaired) electrons. The first-order valence-corrected chi connectivity index (χ1v) is 6.99. The SMILES string of the molecule is O=C(COc1c(F)c(F)cc(F)c1F)COc1c(F)c(F)cc(F)c1F.[N-]=[N+]=N. The highest BCUT2D eigenvalue weighted by molar-refractivity contribution is 5.81. The number of halogens is 8. The Morgan fingerprint density at radius 3 is 1.24 bits per heavy atom. The molecule has 0 heterocycles. The van der Waals surface area contributed by atoms with E-state index < -0.39 is 77.0 Å². The van der Waals surface area contributed by atoms with E-state index in [1.165, 1.54) is 0 Å². The molecule has 0 amide bonds. The number of carbonyl (C=O) groups is 1. The summed E-state index contributed by atoms with van der Waals surface area (Å²) in [5.74, 6) is -19.1. The molecule has 2 rings (SSSR count). The zero-order chi connectivity index (χ0) is 22.3. The van der Waals surface area contributed by atoms with Crippen molar-refractivity contribution < 1.29 is 49.4 Å². The molecule has 6 nitrogen and oxygen atoms in total. The summed E-state index contributed by atoms with van der Waals surface area (Å²) in [6, 6.07) is -0.182. The molecule has 0 saturated heterocycles. The number of ether oxygens (including phenoxy) is 2. The molecule has 0 saturated carbocycles. The minimum Gasteiger partial charge on any atom is -0.479 e. The van der Waals surface area contributed by atoms with Gasteiger partial charge in [-0.3, -0.25) is 4.79 Å². The van der Waals surface area contributed by atoms with Crippen molar-refractivity contribution in [2.45, 2.75) is 0 Å². The molecule has 0 aliphatic heterocycles. The monoisotopic (exact) mass is 429 g/mol. The molecule has 0 aliphatic rings. The number of hydrogen-bond acceptors (Lipinski definition) is 4. The van der Waals surface area contributed by atoms with Crippen molar-refractivity contribution in [2.75, 3.05) is 13.2 Å². The molecular weight excluding hydrogens is 422 g/mol. The van der Waals surface area contributed by atoms with Gasteiger partial charge in [0.05, 0.1) is 0 Å². The quantitative estimate of drug-likeness (QED) is 0.237. The molecule has 0 bridgehead atoms. The minimum atomic E-state index is -1.91. The summed E-state index contributed by atoms with van der Waals surface area (Å²) in [6.45, 7) is -2.45. The molecular formula is C15H7F8N3O3. The highest BCUT2D eigenvalue weighted by Crippen LogP contribution is 2.27. The van der Waals surface area contributed by atoms with Gasteiger partial charge in [-0.1, -0.05) is 0 Å². The van der Waals surface area contributed by atoms with Gasteiger partial charge in [0.25, 0.3) is 0 Å². The Kier molecular flexibility index (Phi) is 8.21. The van der Waals surface area contributed by atoms with Gasteiger partial charge in [-0.15, -0.1) is 5.53 Å². The van der Waals surface area contributed by atoms with Crippen LogP contribution in [0.5, 0.6) is 11.5 Å². The van der Waals surface area contributed by atoms with Crippen LogP contribution in [0.3, 0.4) is 0 Å². The van der Waals surface area contributed by atoms with Crippen LogP contribution in [0.25, 0.3) is 10.4 Å². The van der Waals surface area contributed by atoms with Crippen LogP contribution in [0.2, 0.25) is 0 Å². The van der Waals surface area contributed by atoms with Gasteiger partial charge in [-0.2, -0.15) is 17.6 Å². The number of rotatable bonds is 6. The number of benzene rings is 2. The van der Waals surface area contributed by atoms with Crippen molar-refractivity contribution in [1.82, 2.24) is 0 Å². The lowest BCUT2D eigenvalue weighted by molar-refractivity contribution is -0.123. The molecule has 2 aromatic rings. The smallest absolute Gasteiger partial charge is 0.207 e. The van der Waals surface area contributed by atoms with Gasteiger partial charge < -0.3 is 9.47 Å².